The summed E-state index contributed by atoms with van der Waals surface area (Å²) >= 11 is 0. The fourth-order valence-electron chi connectivity index (χ4n) is 2.20. The monoisotopic (exact) mass is 257 g/mol. The van der Waals surface area contributed by atoms with Gasteiger partial charge in [-0.1, -0.05) is 18.2 Å². The largest absolute Gasteiger partial charge is 0.306 e. The molecule has 1 aromatic carbocycles. The van der Waals surface area contributed by atoms with Crippen molar-refractivity contribution in [2.45, 2.75) is 25.4 Å². The van der Waals surface area contributed by atoms with Gasteiger partial charge in [-0.15, -0.1) is 0 Å². The van der Waals surface area contributed by atoms with Crippen LogP contribution in [-0.4, -0.2) is 26.0 Å². The second kappa shape index (κ2) is 4.74. The number of hydrogen-bond acceptors (Lipinski definition) is 3. The second-order valence-electron chi connectivity index (χ2n) is 4.51. The Bertz CT molecular complexity index is 501. The van der Waals surface area contributed by atoms with Gasteiger partial charge < -0.3 is 5.32 Å². The maximum atomic E-state index is 13.5. The summed E-state index contributed by atoms with van der Waals surface area (Å²) < 4.78 is 36.1. The lowest BCUT2D eigenvalue weighted by Crippen LogP contribution is -2.32. The van der Waals surface area contributed by atoms with Gasteiger partial charge in [0.25, 0.3) is 0 Å². The first kappa shape index (κ1) is 12.5. The minimum Gasteiger partial charge on any atom is -0.306 e. The maximum absolute atomic E-state index is 13.5. The Kier molecular flexibility index (Phi) is 3.49. The van der Waals surface area contributed by atoms with Crippen LogP contribution < -0.4 is 5.32 Å². The molecule has 2 atom stereocenters. The summed E-state index contributed by atoms with van der Waals surface area (Å²) in [7, 11) is -2.89. The van der Waals surface area contributed by atoms with Crippen LogP contribution in [-0.2, 0) is 9.84 Å². The van der Waals surface area contributed by atoms with Crippen LogP contribution >= 0.6 is 0 Å². The SMILES string of the molecule is CC(NC1CCS(=O)(=O)C1)c1ccccc1F. The number of sulfone groups is 1. The average molecular weight is 257 g/mol. The highest BCUT2D eigenvalue weighted by Gasteiger charge is 2.29. The van der Waals surface area contributed by atoms with Crippen molar-refractivity contribution < 1.29 is 12.8 Å². The fourth-order valence-corrected chi connectivity index (χ4v) is 3.88. The van der Waals surface area contributed by atoms with E-state index in [0.29, 0.717) is 12.0 Å². The van der Waals surface area contributed by atoms with E-state index in [2.05, 4.69) is 5.32 Å². The molecular formula is C12H16FNO2S. The van der Waals surface area contributed by atoms with Gasteiger partial charge in [-0.05, 0) is 19.4 Å². The molecule has 2 unspecified atom stereocenters. The van der Waals surface area contributed by atoms with Crippen molar-refractivity contribution >= 4 is 9.84 Å². The van der Waals surface area contributed by atoms with E-state index in [-0.39, 0.29) is 29.4 Å². The molecule has 0 aliphatic carbocycles. The van der Waals surface area contributed by atoms with Crippen molar-refractivity contribution in [1.29, 1.82) is 0 Å². The zero-order valence-corrected chi connectivity index (χ0v) is 10.5. The smallest absolute Gasteiger partial charge is 0.151 e. The molecule has 17 heavy (non-hydrogen) atoms. The van der Waals surface area contributed by atoms with Crippen LogP contribution in [0.1, 0.15) is 24.9 Å². The van der Waals surface area contributed by atoms with Crippen LogP contribution in [0.2, 0.25) is 0 Å². The molecule has 0 saturated carbocycles. The third kappa shape index (κ3) is 3.04. The molecule has 0 bridgehead atoms. The summed E-state index contributed by atoms with van der Waals surface area (Å²) in [6.07, 6.45) is 0.612. The predicted octanol–water partition coefficient (Wildman–Crippen LogP) is 1.66. The molecule has 5 heteroatoms. The van der Waals surface area contributed by atoms with E-state index in [1.54, 1.807) is 18.2 Å². The van der Waals surface area contributed by atoms with Gasteiger partial charge in [0, 0.05) is 17.6 Å². The Balaban J connectivity index is 2.03. The molecule has 0 amide bonds. The lowest BCUT2D eigenvalue weighted by Gasteiger charge is -2.19. The van der Waals surface area contributed by atoms with E-state index in [1.165, 1.54) is 6.07 Å². The summed E-state index contributed by atoms with van der Waals surface area (Å²) in [5.74, 6) is 0.133. The molecule has 2 rings (SSSR count). The number of rotatable bonds is 3. The van der Waals surface area contributed by atoms with E-state index >= 15 is 0 Å². The van der Waals surface area contributed by atoms with Gasteiger partial charge in [-0.3, -0.25) is 0 Å². The molecule has 1 aliphatic heterocycles. The molecule has 1 saturated heterocycles. The molecule has 0 spiro atoms. The number of halogens is 1. The van der Waals surface area contributed by atoms with Crippen LogP contribution in [0, 0.1) is 5.82 Å². The lowest BCUT2D eigenvalue weighted by atomic mass is 10.1. The Hall–Kier alpha value is -0.940. The normalized spacial score (nSPS) is 24.7. The van der Waals surface area contributed by atoms with Crippen LogP contribution in [0.4, 0.5) is 4.39 Å². The van der Waals surface area contributed by atoms with Gasteiger partial charge in [0.05, 0.1) is 11.5 Å². The van der Waals surface area contributed by atoms with E-state index in [9.17, 15) is 12.8 Å². The molecule has 1 aliphatic rings. The third-order valence-electron chi connectivity index (χ3n) is 3.09. The molecule has 3 nitrogen and oxygen atoms in total. The molecule has 0 radical (unpaired) electrons. The topological polar surface area (TPSA) is 46.2 Å². The zero-order chi connectivity index (χ0) is 12.5. The van der Waals surface area contributed by atoms with Gasteiger partial charge >= 0.3 is 0 Å². The van der Waals surface area contributed by atoms with Crippen LogP contribution in [0.5, 0.6) is 0 Å². The Morgan fingerprint density at radius 1 is 1.41 bits per heavy atom. The van der Waals surface area contributed by atoms with Crippen molar-refractivity contribution in [3.63, 3.8) is 0 Å². The Morgan fingerprint density at radius 3 is 2.71 bits per heavy atom. The number of nitrogens with one attached hydrogen (secondary N) is 1. The molecule has 1 N–H and O–H groups in total. The molecule has 94 valence electrons. The predicted molar refractivity (Wildman–Crippen MR) is 65.0 cm³/mol. The van der Waals surface area contributed by atoms with Gasteiger partial charge in [0.1, 0.15) is 5.82 Å². The third-order valence-corrected chi connectivity index (χ3v) is 4.86. The zero-order valence-electron chi connectivity index (χ0n) is 9.69. The first-order valence-electron chi connectivity index (χ1n) is 5.69. The summed E-state index contributed by atoms with van der Waals surface area (Å²) in [6.45, 7) is 1.85. The highest BCUT2D eigenvalue weighted by molar-refractivity contribution is 7.91. The highest BCUT2D eigenvalue weighted by Crippen LogP contribution is 2.20. The summed E-state index contributed by atoms with van der Waals surface area (Å²) in [5, 5.41) is 3.17. The van der Waals surface area contributed by atoms with Gasteiger partial charge in [-0.2, -0.15) is 0 Å². The van der Waals surface area contributed by atoms with Crippen LogP contribution in [0.25, 0.3) is 0 Å². The molecule has 1 aromatic rings. The van der Waals surface area contributed by atoms with Crippen molar-refractivity contribution in [2.24, 2.45) is 0 Å². The van der Waals surface area contributed by atoms with Crippen molar-refractivity contribution in [2.75, 3.05) is 11.5 Å². The van der Waals surface area contributed by atoms with E-state index in [0.717, 1.165) is 0 Å². The Morgan fingerprint density at radius 2 is 2.12 bits per heavy atom. The minimum absolute atomic E-state index is 0.0605. The summed E-state index contributed by atoms with van der Waals surface area (Å²) in [4.78, 5) is 0. The number of hydrogen-bond donors (Lipinski definition) is 1. The minimum atomic E-state index is -2.89. The van der Waals surface area contributed by atoms with Crippen molar-refractivity contribution in [3.8, 4) is 0 Å². The first-order valence-corrected chi connectivity index (χ1v) is 7.51. The lowest BCUT2D eigenvalue weighted by molar-refractivity contribution is 0.467. The maximum Gasteiger partial charge on any atom is 0.151 e. The summed E-state index contributed by atoms with van der Waals surface area (Å²) in [5.41, 5.74) is 0.580. The summed E-state index contributed by atoms with van der Waals surface area (Å²) in [6, 6.07) is 6.33. The van der Waals surface area contributed by atoms with E-state index in [4.69, 9.17) is 0 Å². The van der Waals surface area contributed by atoms with Gasteiger partial charge in [0.2, 0.25) is 0 Å². The van der Waals surface area contributed by atoms with Gasteiger partial charge in [-0.25, -0.2) is 12.8 Å². The van der Waals surface area contributed by atoms with Crippen molar-refractivity contribution in [1.82, 2.24) is 5.32 Å². The van der Waals surface area contributed by atoms with Crippen LogP contribution in [0.3, 0.4) is 0 Å². The van der Waals surface area contributed by atoms with Crippen molar-refractivity contribution in [3.05, 3.63) is 35.6 Å². The average Bonchev–Trinajstić information content (AvgIpc) is 2.58. The quantitative estimate of drug-likeness (QED) is 0.896. The molecule has 1 heterocycles. The Labute approximate surface area is 101 Å². The molecule has 0 aromatic heterocycles. The second-order valence-corrected chi connectivity index (χ2v) is 6.74. The first-order chi connectivity index (χ1) is 7.98. The highest BCUT2D eigenvalue weighted by atomic mass is 32.2. The fraction of sp³-hybridized carbons (Fsp3) is 0.500. The number of benzene rings is 1. The standard InChI is InChI=1S/C12H16FNO2S/c1-9(11-4-2-3-5-12(11)13)14-10-6-7-17(15,16)8-10/h2-5,9-10,14H,6-8H2,1H3. The molecule has 1 fully saturated rings. The van der Waals surface area contributed by atoms with Crippen LogP contribution in [0.15, 0.2) is 24.3 Å². The van der Waals surface area contributed by atoms with E-state index in [1.807, 2.05) is 6.92 Å². The van der Waals surface area contributed by atoms with E-state index < -0.39 is 9.84 Å². The van der Waals surface area contributed by atoms with Gasteiger partial charge in [0.15, 0.2) is 9.84 Å². The molecular weight excluding hydrogens is 241 g/mol.